The monoisotopic (exact) mass is 478 g/mol. The first-order chi connectivity index (χ1) is 16.5. The van der Waals surface area contributed by atoms with Gasteiger partial charge in [0.1, 0.15) is 11.6 Å². The minimum Gasteiger partial charge on any atom is -0.493 e. The van der Waals surface area contributed by atoms with Crippen molar-refractivity contribution in [3.8, 4) is 16.9 Å². The van der Waals surface area contributed by atoms with E-state index >= 15 is 0 Å². The van der Waals surface area contributed by atoms with E-state index in [1.165, 1.54) is 12.1 Å². The molecule has 1 heterocycles. The molecular weight excluding hydrogens is 451 g/mol. The number of amides is 1. The van der Waals surface area contributed by atoms with Gasteiger partial charge in [-0.25, -0.2) is 4.39 Å². The number of ether oxygens (including phenoxy) is 1. The summed E-state index contributed by atoms with van der Waals surface area (Å²) in [6, 6.07) is 17.1. The zero-order valence-electron chi connectivity index (χ0n) is 18.8. The largest absolute Gasteiger partial charge is 0.493 e. The molecule has 3 N–H and O–H groups in total. The van der Waals surface area contributed by atoms with Crippen LogP contribution < -0.4 is 10.1 Å². The highest BCUT2D eigenvalue weighted by molar-refractivity contribution is 7.80. The average Bonchev–Trinajstić information content (AvgIpc) is 3.23. The molecule has 4 rings (SSSR count). The van der Waals surface area contributed by atoms with Crippen molar-refractivity contribution >= 4 is 29.4 Å². The van der Waals surface area contributed by atoms with Gasteiger partial charge < -0.3 is 20.1 Å². The Kier molecular flexibility index (Phi) is 7.55. The molecule has 5 nitrogen and oxygen atoms in total. The van der Waals surface area contributed by atoms with Crippen LogP contribution in [-0.4, -0.2) is 35.3 Å². The molecule has 0 aliphatic carbocycles. The summed E-state index contributed by atoms with van der Waals surface area (Å²) in [6.45, 7) is 2.22. The Labute approximate surface area is 203 Å². The van der Waals surface area contributed by atoms with Crippen LogP contribution in [-0.2, 0) is 6.42 Å². The number of fused-ring (bicyclic) bond motifs is 1. The third kappa shape index (κ3) is 5.43. The topological polar surface area (TPSA) is 74.3 Å². The average molecular weight is 479 g/mol. The minimum absolute atomic E-state index is 0.264. The molecule has 176 valence electrons. The Hall–Kier alpha value is -3.29. The van der Waals surface area contributed by atoms with Crippen molar-refractivity contribution in [2.24, 2.45) is 0 Å². The molecule has 0 aliphatic heterocycles. The molecule has 7 heteroatoms. The van der Waals surface area contributed by atoms with Gasteiger partial charge in [0, 0.05) is 22.0 Å². The molecule has 0 saturated heterocycles. The highest BCUT2D eigenvalue weighted by Gasteiger charge is 2.20. The molecule has 1 aromatic heterocycles. The van der Waals surface area contributed by atoms with Gasteiger partial charge in [0.05, 0.1) is 24.8 Å². The second kappa shape index (κ2) is 10.8. The van der Waals surface area contributed by atoms with Gasteiger partial charge in [0.25, 0.3) is 5.91 Å². The number of benzene rings is 3. The summed E-state index contributed by atoms with van der Waals surface area (Å²) < 4.78 is 19.6. The molecule has 0 fully saturated rings. The number of hydrogen-bond donors (Lipinski definition) is 4. The number of nitrogens with one attached hydrogen (secondary N) is 2. The van der Waals surface area contributed by atoms with Gasteiger partial charge in [-0.3, -0.25) is 4.79 Å². The van der Waals surface area contributed by atoms with Gasteiger partial charge in [-0.05, 0) is 72.0 Å². The van der Waals surface area contributed by atoms with Crippen LogP contribution in [0.2, 0.25) is 0 Å². The number of thiol groups is 1. The quantitative estimate of drug-likeness (QED) is 0.244. The summed E-state index contributed by atoms with van der Waals surface area (Å²) in [5.41, 5.74) is 3.80. The molecule has 0 radical (unpaired) electrons. The number of halogens is 1. The summed E-state index contributed by atoms with van der Waals surface area (Å²) >= 11 is 4.41. The number of aliphatic hydroxyl groups is 1. The van der Waals surface area contributed by atoms with Gasteiger partial charge in [-0.2, -0.15) is 0 Å². The molecule has 1 amide bonds. The van der Waals surface area contributed by atoms with Crippen LogP contribution in [0.3, 0.4) is 0 Å². The fourth-order valence-electron chi connectivity index (χ4n) is 3.92. The van der Waals surface area contributed by atoms with Crippen molar-refractivity contribution in [1.82, 2.24) is 10.3 Å². The van der Waals surface area contributed by atoms with Crippen LogP contribution in [0.15, 0.2) is 71.8 Å². The first kappa shape index (κ1) is 23.9. The molecule has 0 spiro atoms. The number of aromatic amines is 1. The van der Waals surface area contributed by atoms with Gasteiger partial charge in [0.2, 0.25) is 0 Å². The smallest absolute Gasteiger partial charge is 0.255 e. The lowest BCUT2D eigenvalue weighted by Gasteiger charge is -2.18. The van der Waals surface area contributed by atoms with Crippen LogP contribution in [0.25, 0.3) is 22.0 Å². The van der Waals surface area contributed by atoms with Crippen LogP contribution >= 0.6 is 12.6 Å². The van der Waals surface area contributed by atoms with Crippen molar-refractivity contribution in [1.29, 1.82) is 0 Å². The maximum absolute atomic E-state index is 13.7. The molecular formula is C27H27FN2O3S. The summed E-state index contributed by atoms with van der Waals surface area (Å²) in [5.74, 6) is -0.200. The van der Waals surface area contributed by atoms with E-state index in [1.807, 2.05) is 37.3 Å². The third-order valence-corrected chi connectivity index (χ3v) is 5.89. The Bertz CT molecular complexity index is 1300. The maximum atomic E-state index is 13.7. The van der Waals surface area contributed by atoms with E-state index in [0.29, 0.717) is 24.3 Å². The Morgan fingerprint density at radius 2 is 1.97 bits per heavy atom. The van der Waals surface area contributed by atoms with Crippen LogP contribution in [0.4, 0.5) is 4.39 Å². The Morgan fingerprint density at radius 3 is 2.74 bits per heavy atom. The zero-order valence-corrected chi connectivity index (χ0v) is 19.7. The normalized spacial score (nSPS) is 12.0. The van der Waals surface area contributed by atoms with Crippen molar-refractivity contribution in [2.75, 3.05) is 13.2 Å². The Morgan fingerprint density at radius 1 is 1.15 bits per heavy atom. The zero-order chi connectivity index (χ0) is 24.1. The summed E-state index contributed by atoms with van der Waals surface area (Å²) in [4.78, 5) is 17.2. The summed E-state index contributed by atoms with van der Waals surface area (Å²) in [7, 11) is 0. The molecule has 0 saturated carbocycles. The second-order valence-electron chi connectivity index (χ2n) is 8.17. The van der Waals surface area contributed by atoms with Crippen molar-refractivity contribution in [3.05, 3.63) is 83.8 Å². The summed E-state index contributed by atoms with van der Waals surface area (Å²) in [6.07, 6.45) is 2.93. The van der Waals surface area contributed by atoms with E-state index in [0.717, 1.165) is 38.9 Å². The first-order valence-corrected chi connectivity index (χ1v) is 11.7. The fraction of sp³-hybridized carbons (Fsp3) is 0.222. The second-order valence-corrected chi connectivity index (χ2v) is 8.69. The first-order valence-electron chi connectivity index (χ1n) is 11.2. The van der Waals surface area contributed by atoms with Gasteiger partial charge in [-0.15, -0.1) is 12.6 Å². The number of carbonyl (C=O) groups is 1. The molecule has 0 aliphatic rings. The maximum Gasteiger partial charge on any atom is 0.255 e. The van der Waals surface area contributed by atoms with Gasteiger partial charge in [0.15, 0.2) is 0 Å². The molecule has 1 unspecified atom stereocenters. The highest BCUT2D eigenvalue weighted by Crippen LogP contribution is 2.29. The molecule has 4 aromatic rings. The van der Waals surface area contributed by atoms with E-state index < -0.39 is 6.04 Å². The molecule has 34 heavy (non-hydrogen) atoms. The van der Waals surface area contributed by atoms with Crippen LogP contribution in [0, 0.1) is 5.82 Å². The highest BCUT2D eigenvalue weighted by atomic mass is 32.1. The van der Waals surface area contributed by atoms with E-state index in [2.05, 4.69) is 22.9 Å². The number of rotatable bonds is 9. The van der Waals surface area contributed by atoms with Crippen molar-refractivity contribution in [2.45, 2.75) is 30.7 Å². The standard InChI is InChI=1S/C27H27FN2O3S/c1-2-10-33-26-9-6-18(17-4-3-5-22(34)12-17)13-24(26)27(32)30-21(16-31)11-19-15-29-25-8-7-20(28)14-23(19)25/h3-9,12-15,21,29,31,34H,2,10-11,16H2,1H3,(H,30,32). The SMILES string of the molecule is CCCOc1ccc(-c2cccc(S)c2)cc1C(=O)NC(CO)Cc1c[nH]c2ccc(F)cc12. The Balaban J connectivity index is 1.60. The molecule has 0 bridgehead atoms. The molecule has 1 atom stereocenters. The third-order valence-electron chi connectivity index (χ3n) is 5.62. The van der Waals surface area contributed by atoms with E-state index in [4.69, 9.17) is 4.74 Å². The van der Waals surface area contributed by atoms with Gasteiger partial charge >= 0.3 is 0 Å². The molecule has 3 aromatic carbocycles. The lowest BCUT2D eigenvalue weighted by atomic mass is 10.0. The lowest BCUT2D eigenvalue weighted by molar-refractivity contribution is 0.0912. The number of aromatic nitrogens is 1. The van der Waals surface area contributed by atoms with E-state index in [9.17, 15) is 14.3 Å². The van der Waals surface area contributed by atoms with E-state index in [-0.39, 0.29) is 18.3 Å². The number of hydrogen-bond acceptors (Lipinski definition) is 4. The predicted octanol–water partition coefficient (Wildman–Crippen LogP) is 5.38. The summed E-state index contributed by atoms with van der Waals surface area (Å²) in [5, 5.41) is 13.6. The van der Waals surface area contributed by atoms with Crippen LogP contribution in [0.5, 0.6) is 5.75 Å². The van der Waals surface area contributed by atoms with Crippen molar-refractivity contribution in [3.63, 3.8) is 0 Å². The van der Waals surface area contributed by atoms with Crippen molar-refractivity contribution < 1.29 is 19.0 Å². The van der Waals surface area contributed by atoms with Gasteiger partial charge in [-0.1, -0.05) is 25.1 Å². The minimum atomic E-state index is -0.557. The number of aliphatic hydroxyl groups excluding tert-OH is 1. The fourth-order valence-corrected chi connectivity index (χ4v) is 4.14. The van der Waals surface area contributed by atoms with E-state index in [1.54, 1.807) is 24.4 Å². The lowest BCUT2D eigenvalue weighted by Crippen LogP contribution is -2.39. The predicted molar refractivity (Wildman–Crippen MR) is 135 cm³/mol. The number of H-pyrrole nitrogens is 1. The number of carbonyl (C=O) groups excluding carboxylic acids is 1. The van der Waals surface area contributed by atoms with Crippen LogP contribution in [0.1, 0.15) is 29.3 Å².